The molecule has 0 spiro atoms. The van der Waals surface area contributed by atoms with Gasteiger partial charge in [0.15, 0.2) is 11.9 Å². The van der Waals surface area contributed by atoms with E-state index < -0.39 is 78.4 Å². The Morgan fingerprint density at radius 2 is 1.37 bits per heavy atom. The fourth-order valence-electron chi connectivity index (χ4n) is 2.31. The molecule has 0 amide bonds. The number of allylic oxidation sites excluding steroid dienone is 1. The Morgan fingerprint density at radius 1 is 0.933 bits per heavy atom. The zero-order chi connectivity index (χ0) is 23.1. The van der Waals surface area contributed by atoms with Gasteiger partial charge in [0, 0.05) is 12.0 Å². The van der Waals surface area contributed by atoms with Gasteiger partial charge in [-0.05, 0) is 20.3 Å². The molecule has 1 aromatic heterocycles. The Hall–Kier alpha value is -2.32. The number of alkyl halides is 8. The molecule has 170 valence electrons. The van der Waals surface area contributed by atoms with Crippen LogP contribution in [-0.2, 0) is 0 Å². The van der Waals surface area contributed by atoms with Crippen LogP contribution in [0.1, 0.15) is 32.5 Å². The maximum absolute atomic E-state index is 14.2. The van der Waals surface area contributed by atoms with Gasteiger partial charge in [0.1, 0.15) is 17.9 Å². The predicted octanol–water partition coefficient (Wildman–Crippen LogP) is 4.07. The molecule has 0 radical (unpaired) electrons. The normalized spacial score (nSPS) is 21.9. The van der Waals surface area contributed by atoms with Crippen LogP contribution in [0.2, 0.25) is 0 Å². The van der Waals surface area contributed by atoms with Crippen LogP contribution < -0.4 is 10.6 Å². The highest BCUT2D eigenvalue weighted by atomic mass is 19.4. The molecule has 0 bridgehead atoms. The molecule has 0 saturated carbocycles. The smallest absolute Gasteiger partial charge is 0.380 e. The number of aliphatic hydroxyl groups is 1. The lowest BCUT2D eigenvalue weighted by Gasteiger charge is -2.28. The van der Waals surface area contributed by atoms with E-state index in [2.05, 4.69) is 15.0 Å². The zero-order valence-electron chi connectivity index (χ0n) is 15.3. The summed E-state index contributed by atoms with van der Waals surface area (Å²) in [6.07, 6.45) is -14.2. The Kier molecular flexibility index (Phi) is 6.45. The van der Waals surface area contributed by atoms with E-state index in [9.17, 15) is 44.6 Å². The molecule has 1 heterocycles. The number of halogens is 9. The minimum Gasteiger partial charge on any atom is -0.380 e. The van der Waals surface area contributed by atoms with E-state index in [1.54, 1.807) is 10.6 Å². The van der Waals surface area contributed by atoms with E-state index in [4.69, 9.17) is 0 Å². The number of anilines is 2. The lowest BCUT2D eigenvalue weighted by Crippen LogP contribution is -2.38. The standard InChI is InChI=1S/C15H16F9N5O/c1-5(14(19,20)21)25-11-27-10(7-3-4-13(17,18)9(30)8(7)16)28-12(29-11)26-6(2)15(22,23)24/h5-6,9,30H,3-4H2,1-2H3,(H2,25,26,27,28,29). The second kappa shape index (κ2) is 8.07. The molecule has 3 atom stereocenters. The quantitative estimate of drug-likeness (QED) is 0.584. The summed E-state index contributed by atoms with van der Waals surface area (Å²) in [5, 5.41) is 13.0. The second-order valence-electron chi connectivity index (χ2n) is 6.61. The average molecular weight is 453 g/mol. The first-order valence-electron chi connectivity index (χ1n) is 8.39. The number of hydrogen-bond donors (Lipinski definition) is 3. The summed E-state index contributed by atoms with van der Waals surface area (Å²) in [6, 6.07) is -4.50. The van der Waals surface area contributed by atoms with Crippen LogP contribution >= 0.6 is 0 Å². The Bertz CT molecular complexity index is 768. The molecule has 0 aromatic carbocycles. The Morgan fingerprint density at radius 3 is 1.77 bits per heavy atom. The molecule has 1 aromatic rings. The molecule has 0 fully saturated rings. The third kappa shape index (κ3) is 5.43. The fraction of sp³-hybridized carbons (Fsp3) is 0.667. The lowest BCUT2D eigenvalue weighted by atomic mass is 9.92. The summed E-state index contributed by atoms with van der Waals surface area (Å²) in [5.41, 5.74) is -0.679. The summed E-state index contributed by atoms with van der Waals surface area (Å²) in [4.78, 5) is 10.4. The molecule has 15 heteroatoms. The van der Waals surface area contributed by atoms with Gasteiger partial charge in [-0.2, -0.15) is 41.3 Å². The fourth-order valence-corrected chi connectivity index (χ4v) is 2.31. The van der Waals surface area contributed by atoms with Crippen LogP contribution in [0.25, 0.3) is 5.57 Å². The van der Waals surface area contributed by atoms with Crippen molar-refractivity contribution in [1.29, 1.82) is 0 Å². The molecule has 30 heavy (non-hydrogen) atoms. The third-order valence-corrected chi connectivity index (χ3v) is 4.22. The van der Waals surface area contributed by atoms with E-state index in [1.807, 2.05) is 0 Å². The van der Waals surface area contributed by atoms with Gasteiger partial charge >= 0.3 is 12.4 Å². The lowest BCUT2D eigenvalue weighted by molar-refractivity contribution is -0.139. The number of aliphatic hydroxyl groups excluding tert-OH is 1. The van der Waals surface area contributed by atoms with E-state index in [0.717, 1.165) is 0 Å². The van der Waals surface area contributed by atoms with Gasteiger partial charge in [0.2, 0.25) is 11.9 Å². The van der Waals surface area contributed by atoms with Crippen molar-refractivity contribution in [3.05, 3.63) is 11.7 Å². The van der Waals surface area contributed by atoms with Gasteiger partial charge in [-0.15, -0.1) is 0 Å². The van der Waals surface area contributed by atoms with Crippen LogP contribution in [0.15, 0.2) is 5.83 Å². The highest BCUT2D eigenvalue weighted by Crippen LogP contribution is 2.41. The molecular formula is C15H16F9N5O. The van der Waals surface area contributed by atoms with Crippen molar-refractivity contribution in [2.45, 2.75) is 63.2 Å². The summed E-state index contributed by atoms with van der Waals surface area (Å²) in [7, 11) is 0. The molecule has 3 unspecified atom stereocenters. The van der Waals surface area contributed by atoms with Crippen LogP contribution in [-0.4, -0.2) is 56.5 Å². The van der Waals surface area contributed by atoms with Gasteiger partial charge in [0.25, 0.3) is 5.92 Å². The van der Waals surface area contributed by atoms with Crippen molar-refractivity contribution >= 4 is 17.5 Å². The Labute approximate surface area is 163 Å². The maximum atomic E-state index is 14.2. The summed E-state index contributed by atoms with van der Waals surface area (Å²) < 4.78 is 118. The number of rotatable bonds is 5. The van der Waals surface area contributed by atoms with Crippen LogP contribution in [0.5, 0.6) is 0 Å². The Balaban J connectivity index is 2.50. The van der Waals surface area contributed by atoms with Crippen molar-refractivity contribution in [3.63, 3.8) is 0 Å². The zero-order valence-corrected chi connectivity index (χ0v) is 15.3. The number of nitrogens with zero attached hydrogens (tertiary/aromatic N) is 3. The van der Waals surface area contributed by atoms with Crippen LogP contribution in [0.3, 0.4) is 0 Å². The maximum Gasteiger partial charge on any atom is 0.408 e. The first-order chi connectivity index (χ1) is 13.5. The third-order valence-electron chi connectivity index (χ3n) is 4.22. The van der Waals surface area contributed by atoms with E-state index in [0.29, 0.717) is 13.8 Å². The van der Waals surface area contributed by atoms with Crippen LogP contribution in [0.4, 0.5) is 51.4 Å². The van der Waals surface area contributed by atoms with Crippen molar-refractivity contribution < 1.29 is 44.6 Å². The molecule has 2 rings (SSSR count). The molecule has 0 aliphatic heterocycles. The minimum absolute atomic E-state index is 0.666. The molecular weight excluding hydrogens is 437 g/mol. The minimum atomic E-state index is -4.78. The van der Waals surface area contributed by atoms with Gasteiger partial charge in [0.05, 0.1) is 0 Å². The van der Waals surface area contributed by atoms with Gasteiger partial charge in [-0.1, -0.05) is 0 Å². The largest absolute Gasteiger partial charge is 0.408 e. The summed E-state index contributed by atoms with van der Waals surface area (Å²) in [5.74, 6) is -8.06. The topological polar surface area (TPSA) is 83.0 Å². The molecule has 0 saturated heterocycles. The number of nitrogens with one attached hydrogen (secondary N) is 2. The molecule has 1 aliphatic rings. The van der Waals surface area contributed by atoms with E-state index in [-0.39, 0.29) is 0 Å². The number of aromatic nitrogens is 3. The summed E-state index contributed by atoms with van der Waals surface area (Å²) in [6.45, 7) is 1.33. The van der Waals surface area contributed by atoms with Crippen molar-refractivity contribution in [2.75, 3.05) is 10.6 Å². The second-order valence-corrected chi connectivity index (χ2v) is 6.61. The van der Waals surface area contributed by atoms with E-state index in [1.165, 1.54) is 0 Å². The molecule has 6 nitrogen and oxygen atoms in total. The number of hydrogen-bond acceptors (Lipinski definition) is 6. The average Bonchev–Trinajstić information content (AvgIpc) is 2.58. The first-order valence-corrected chi connectivity index (χ1v) is 8.39. The molecule has 3 N–H and O–H groups in total. The van der Waals surface area contributed by atoms with Crippen molar-refractivity contribution in [3.8, 4) is 0 Å². The SMILES string of the molecule is CC(Nc1nc(NC(C)C(F)(F)F)nc(C2=C(F)C(O)C(F)(F)CC2)n1)C(F)(F)F. The van der Waals surface area contributed by atoms with Gasteiger partial charge in [-0.25, -0.2) is 13.2 Å². The van der Waals surface area contributed by atoms with Crippen molar-refractivity contribution in [1.82, 2.24) is 15.0 Å². The van der Waals surface area contributed by atoms with Gasteiger partial charge in [-0.3, -0.25) is 0 Å². The first kappa shape index (κ1) is 24.0. The van der Waals surface area contributed by atoms with Gasteiger partial charge < -0.3 is 15.7 Å². The summed E-state index contributed by atoms with van der Waals surface area (Å²) >= 11 is 0. The highest BCUT2D eigenvalue weighted by Gasteiger charge is 2.46. The van der Waals surface area contributed by atoms with E-state index >= 15 is 0 Å². The predicted molar refractivity (Wildman–Crippen MR) is 86.3 cm³/mol. The van der Waals surface area contributed by atoms with Crippen molar-refractivity contribution in [2.24, 2.45) is 0 Å². The van der Waals surface area contributed by atoms with Crippen LogP contribution in [0, 0.1) is 0 Å². The highest BCUT2D eigenvalue weighted by molar-refractivity contribution is 5.66. The monoisotopic (exact) mass is 453 g/mol. The molecule has 1 aliphatic carbocycles.